The van der Waals surface area contributed by atoms with E-state index in [1.165, 1.54) is 141 Å². The lowest BCUT2D eigenvalue weighted by molar-refractivity contribution is -0.167. The van der Waals surface area contributed by atoms with Crippen molar-refractivity contribution in [3.05, 3.63) is 72.9 Å². The third kappa shape index (κ3) is 53.7. The monoisotopic (exact) mass is 935 g/mol. The molecule has 0 bridgehead atoms. The van der Waals surface area contributed by atoms with Gasteiger partial charge in [0.15, 0.2) is 6.10 Å². The molecule has 0 aromatic rings. The van der Waals surface area contributed by atoms with Gasteiger partial charge in [0.05, 0.1) is 0 Å². The third-order valence-electron chi connectivity index (χ3n) is 12.2. The molecule has 0 aliphatic rings. The molecule has 0 saturated heterocycles. The Kier molecular flexibility index (Phi) is 52.8. The summed E-state index contributed by atoms with van der Waals surface area (Å²) in [5.74, 6) is -0.960. The molecule has 0 fully saturated rings. The van der Waals surface area contributed by atoms with Crippen LogP contribution in [0.4, 0.5) is 0 Å². The largest absolute Gasteiger partial charge is 0.462 e. The molecule has 0 rings (SSSR count). The molecule has 1 unspecified atom stereocenters. The van der Waals surface area contributed by atoms with Gasteiger partial charge in [-0.3, -0.25) is 14.4 Å². The van der Waals surface area contributed by atoms with E-state index in [4.69, 9.17) is 14.2 Å². The van der Waals surface area contributed by atoms with Crippen molar-refractivity contribution in [1.29, 1.82) is 0 Å². The number of esters is 3. The summed E-state index contributed by atoms with van der Waals surface area (Å²) in [6.45, 7) is 6.45. The smallest absolute Gasteiger partial charge is 0.306 e. The molecule has 0 aromatic carbocycles. The molecule has 0 N–H and O–H groups in total. The number of carbonyl (C=O) groups excluding carboxylic acids is 3. The van der Waals surface area contributed by atoms with Gasteiger partial charge >= 0.3 is 17.9 Å². The minimum atomic E-state index is -0.806. The Morgan fingerprint density at radius 3 is 1.01 bits per heavy atom. The van der Waals surface area contributed by atoms with E-state index in [0.717, 1.165) is 89.9 Å². The van der Waals surface area contributed by atoms with Crippen LogP contribution in [0.2, 0.25) is 0 Å². The van der Waals surface area contributed by atoms with E-state index in [1.807, 2.05) is 0 Å². The van der Waals surface area contributed by atoms with Crippen molar-refractivity contribution >= 4 is 17.9 Å². The van der Waals surface area contributed by atoms with Gasteiger partial charge in [-0.05, 0) is 77.0 Å². The van der Waals surface area contributed by atoms with E-state index in [1.54, 1.807) is 0 Å². The summed E-state index contributed by atoms with van der Waals surface area (Å²) in [7, 11) is 0. The summed E-state index contributed by atoms with van der Waals surface area (Å²) >= 11 is 0. The Labute approximate surface area is 414 Å². The molecule has 0 aromatic heterocycles. The van der Waals surface area contributed by atoms with Crippen molar-refractivity contribution in [3.8, 4) is 0 Å². The van der Waals surface area contributed by atoms with Crippen LogP contribution in [0.1, 0.15) is 278 Å². The lowest BCUT2D eigenvalue weighted by Crippen LogP contribution is -2.30. The first kappa shape index (κ1) is 63.8. The fraction of sp³-hybridized carbons (Fsp3) is 0.754. The maximum absolute atomic E-state index is 12.8. The van der Waals surface area contributed by atoms with Gasteiger partial charge in [0.1, 0.15) is 13.2 Å². The van der Waals surface area contributed by atoms with Gasteiger partial charge < -0.3 is 14.2 Å². The zero-order valence-corrected chi connectivity index (χ0v) is 44.2. The molecule has 1 atom stereocenters. The SMILES string of the molecule is CC/C=C\C/C=C\C/C=C\C/C=C\C/C=C\CCCC(=O)OC(COC(=O)CCCCCCC/C=C\CCCC)COC(=O)CCCCCCCCCCCCCCCCCCCCCCC. The Hall–Kier alpha value is -3.15. The van der Waals surface area contributed by atoms with Crippen LogP contribution < -0.4 is 0 Å². The van der Waals surface area contributed by atoms with Gasteiger partial charge in [0.2, 0.25) is 0 Å². The predicted octanol–water partition coefficient (Wildman–Crippen LogP) is 19.0. The molecule has 6 heteroatoms. The van der Waals surface area contributed by atoms with Gasteiger partial charge in [-0.1, -0.05) is 254 Å². The number of rotatable bonds is 51. The summed E-state index contributed by atoms with van der Waals surface area (Å²) in [6, 6.07) is 0. The lowest BCUT2D eigenvalue weighted by atomic mass is 10.0. The Balaban J connectivity index is 4.36. The second-order valence-corrected chi connectivity index (χ2v) is 18.8. The van der Waals surface area contributed by atoms with Gasteiger partial charge in [-0.15, -0.1) is 0 Å². The molecule has 0 saturated carbocycles. The van der Waals surface area contributed by atoms with Crippen LogP contribution in [0.5, 0.6) is 0 Å². The Morgan fingerprint density at radius 1 is 0.313 bits per heavy atom. The van der Waals surface area contributed by atoms with E-state index in [9.17, 15) is 14.4 Å². The normalized spacial score (nSPS) is 12.6. The van der Waals surface area contributed by atoms with Gasteiger partial charge in [-0.25, -0.2) is 0 Å². The fourth-order valence-corrected chi connectivity index (χ4v) is 7.93. The van der Waals surface area contributed by atoms with Crippen molar-refractivity contribution in [1.82, 2.24) is 0 Å². The van der Waals surface area contributed by atoms with E-state index < -0.39 is 6.10 Å². The first-order valence-electron chi connectivity index (χ1n) is 28.4. The first-order chi connectivity index (χ1) is 33.0. The van der Waals surface area contributed by atoms with Gasteiger partial charge in [0.25, 0.3) is 0 Å². The second kappa shape index (κ2) is 55.4. The van der Waals surface area contributed by atoms with Gasteiger partial charge in [0, 0.05) is 19.3 Å². The van der Waals surface area contributed by atoms with Crippen molar-refractivity contribution in [3.63, 3.8) is 0 Å². The van der Waals surface area contributed by atoms with Crippen LogP contribution >= 0.6 is 0 Å². The summed E-state index contributed by atoms with van der Waals surface area (Å²) in [5.41, 5.74) is 0. The molecule has 0 heterocycles. The molecule has 386 valence electrons. The van der Waals surface area contributed by atoms with Crippen LogP contribution in [0.3, 0.4) is 0 Å². The van der Waals surface area contributed by atoms with Crippen molar-refractivity contribution in [2.75, 3.05) is 13.2 Å². The highest BCUT2D eigenvalue weighted by Gasteiger charge is 2.19. The predicted molar refractivity (Wildman–Crippen MR) is 288 cm³/mol. The maximum Gasteiger partial charge on any atom is 0.306 e. The molecule has 0 aliphatic carbocycles. The van der Waals surface area contributed by atoms with Crippen LogP contribution in [0.25, 0.3) is 0 Å². The molecular formula is C61H106O6. The topological polar surface area (TPSA) is 78.9 Å². The van der Waals surface area contributed by atoms with E-state index in [0.29, 0.717) is 19.3 Å². The fourth-order valence-electron chi connectivity index (χ4n) is 7.93. The maximum atomic E-state index is 12.8. The zero-order valence-electron chi connectivity index (χ0n) is 44.2. The van der Waals surface area contributed by atoms with Crippen molar-refractivity contribution in [2.24, 2.45) is 0 Å². The van der Waals surface area contributed by atoms with E-state index in [2.05, 4.69) is 93.7 Å². The quantitative estimate of drug-likeness (QED) is 0.0262. The minimum Gasteiger partial charge on any atom is -0.462 e. The Bertz CT molecular complexity index is 1260. The summed E-state index contributed by atoms with van der Waals surface area (Å²) in [5, 5.41) is 0. The second-order valence-electron chi connectivity index (χ2n) is 18.8. The van der Waals surface area contributed by atoms with Crippen LogP contribution in [-0.4, -0.2) is 37.2 Å². The highest BCUT2D eigenvalue weighted by atomic mass is 16.6. The average Bonchev–Trinajstić information content (AvgIpc) is 3.33. The van der Waals surface area contributed by atoms with E-state index in [-0.39, 0.29) is 37.5 Å². The van der Waals surface area contributed by atoms with E-state index >= 15 is 0 Å². The van der Waals surface area contributed by atoms with Crippen LogP contribution in [0, 0.1) is 0 Å². The van der Waals surface area contributed by atoms with Crippen LogP contribution in [-0.2, 0) is 28.6 Å². The molecule has 67 heavy (non-hydrogen) atoms. The molecular weight excluding hydrogens is 829 g/mol. The number of allylic oxidation sites excluding steroid dienone is 12. The average molecular weight is 936 g/mol. The molecule has 0 spiro atoms. The zero-order chi connectivity index (χ0) is 48.6. The first-order valence-corrected chi connectivity index (χ1v) is 28.4. The summed E-state index contributed by atoms with van der Waals surface area (Å²) in [6.07, 6.45) is 70.5. The third-order valence-corrected chi connectivity index (χ3v) is 12.2. The number of ether oxygens (including phenoxy) is 3. The Morgan fingerprint density at radius 2 is 0.612 bits per heavy atom. The number of hydrogen-bond donors (Lipinski definition) is 0. The molecule has 0 aliphatic heterocycles. The molecule has 6 nitrogen and oxygen atoms in total. The summed E-state index contributed by atoms with van der Waals surface area (Å²) < 4.78 is 16.8. The highest BCUT2D eigenvalue weighted by Crippen LogP contribution is 2.16. The standard InChI is InChI=1S/C61H106O6/c1-4-7-10-13-16-19-22-24-26-28-29-30-31-33-34-36-39-42-45-48-51-54-60(63)66-57-58(56-65-59(62)53-50-47-44-41-38-21-18-15-12-9-6-3)67-61(64)55-52-49-46-43-40-37-35-32-27-25-23-20-17-14-11-8-5-2/h8,11,15,17-18,20,25,27,35,37,43,46,58H,4-7,9-10,12-14,16,19,21-24,26,28-34,36,38-42,44-45,47-57H2,1-3H3/b11-8-,18-15-,20-17-,27-25-,37-35-,46-43-. The van der Waals surface area contributed by atoms with Crippen molar-refractivity contribution in [2.45, 2.75) is 284 Å². The van der Waals surface area contributed by atoms with Crippen molar-refractivity contribution < 1.29 is 28.6 Å². The minimum absolute atomic E-state index is 0.0984. The number of hydrogen-bond acceptors (Lipinski definition) is 6. The summed E-state index contributed by atoms with van der Waals surface area (Å²) in [4.78, 5) is 38.0. The molecule has 0 amide bonds. The van der Waals surface area contributed by atoms with Gasteiger partial charge in [-0.2, -0.15) is 0 Å². The lowest BCUT2D eigenvalue weighted by Gasteiger charge is -2.18. The van der Waals surface area contributed by atoms with Crippen LogP contribution in [0.15, 0.2) is 72.9 Å². The number of carbonyl (C=O) groups is 3. The molecule has 0 radical (unpaired) electrons. The number of unbranched alkanes of at least 4 members (excludes halogenated alkanes) is 28. The highest BCUT2D eigenvalue weighted by molar-refractivity contribution is 5.71.